The molecule has 3 rings (SSSR count). The van der Waals surface area contributed by atoms with Gasteiger partial charge in [-0.2, -0.15) is 5.10 Å². The Kier molecular flexibility index (Phi) is 5.22. The van der Waals surface area contributed by atoms with Crippen LogP contribution in [0.25, 0.3) is 5.69 Å². The van der Waals surface area contributed by atoms with Crippen LogP contribution in [-0.4, -0.2) is 40.9 Å². The van der Waals surface area contributed by atoms with Crippen LogP contribution in [0.15, 0.2) is 36.5 Å². The number of aromatic nitrogens is 2. The minimum atomic E-state index is 0. The molecule has 21 heavy (non-hydrogen) atoms. The number of para-hydroxylation sites is 2. The number of rotatable bonds is 4. The summed E-state index contributed by atoms with van der Waals surface area (Å²) in [4.78, 5) is 2.37. The highest BCUT2D eigenvalue weighted by Gasteiger charge is 2.20. The molecule has 0 saturated carbocycles. The summed E-state index contributed by atoms with van der Waals surface area (Å²) in [5.74, 6) is 0.829. The van der Waals surface area contributed by atoms with E-state index in [1.807, 2.05) is 35.1 Å². The zero-order valence-corrected chi connectivity index (χ0v) is 12.9. The maximum Gasteiger partial charge on any atom is 0.144 e. The van der Waals surface area contributed by atoms with E-state index in [9.17, 15) is 0 Å². The molecule has 5 nitrogen and oxygen atoms in total. The molecule has 2 N–H and O–H groups in total. The molecule has 0 radical (unpaired) electrons. The van der Waals surface area contributed by atoms with Gasteiger partial charge in [0.1, 0.15) is 11.4 Å². The van der Waals surface area contributed by atoms with Crippen LogP contribution in [0, 0.1) is 0 Å². The van der Waals surface area contributed by atoms with Gasteiger partial charge >= 0.3 is 0 Å². The number of halogens is 1. The molecule has 2 aromatic rings. The summed E-state index contributed by atoms with van der Waals surface area (Å²) < 4.78 is 7.36. The van der Waals surface area contributed by atoms with Gasteiger partial charge in [-0.25, -0.2) is 4.68 Å². The molecule has 6 heteroatoms. The van der Waals surface area contributed by atoms with Crippen molar-refractivity contribution < 1.29 is 4.74 Å². The molecule has 1 atom stereocenters. The number of methoxy groups -OCH3 is 1. The first-order valence-electron chi connectivity index (χ1n) is 6.92. The van der Waals surface area contributed by atoms with Crippen molar-refractivity contribution in [2.24, 2.45) is 5.73 Å². The van der Waals surface area contributed by atoms with E-state index in [0.29, 0.717) is 6.04 Å². The van der Waals surface area contributed by atoms with Crippen molar-refractivity contribution in [3.8, 4) is 11.4 Å². The third-order valence-electron chi connectivity index (χ3n) is 3.73. The van der Waals surface area contributed by atoms with E-state index in [1.165, 1.54) is 0 Å². The lowest BCUT2D eigenvalue weighted by molar-refractivity contribution is 0.319. The molecule has 2 heterocycles. The van der Waals surface area contributed by atoms with Gasteiger partial charge < -0.3 is 10.5 Å². The average Bonchev–Trinajstić information content (AvgIpc) is 3.08. The second kappa shape index (κ2) is 6.93. The molecule has 1 aliphatic heterocycles. The van der Waals surface area contributed by atoms with Crippen LogP contribution in [0.3, 0.4) is 0 Å². The summed E-state index contributed by atoms with van der Waals surface area (Å²) in [5.41, 5.74) is 8.09. The van der Waals surface area contributed by atoms with Gasteiger partial charge in [-0.05, 0) is 24.6 Å². The molecule has 0 bridgehead atoms. The first-order valence-corrected chi connectivity index (χ1v) is 6.92. The summed E-state index contributed by atoms with van der Waals surface area (Å²) in [6, 6.07) is 10.3. The van der Waals surface area contributed by atoms with Crippen molar-refractivity contribution in [1.29, 1.82) is 0 Å². The average molecular weight is 309 g/mol. The van der Waals surface area contributed by atoms with Crippen LogP contribution in [0.1, 0.15) is 12.1 Å². The monoisotopic (exact) mass is 308 g/mol. The Morgan fingerprint density at radius 3 is 2.86 bits per heavy atom. The molecule has 0 unspecified atom stereocenters. The second-order valence-corrected chi connectivity index (χ2v) is 5.19. The number of nitrogens with two attached hydrogens (primary N) is 1. The predicted molar refractivity (Wildman–Crippen MR) is 85.2 cm³/mol. The molecular weight excluding hydrogens is 288 g/mol. The molecule has 0 spiro atoms. The highest BCUT2D eigenvalue weighted by atomic mass is 35.5. The quantitative estimate of drug-likeness (QED) is 0.936. The van der Waals surface area contributed by atoms with Crippen LogP contribution >= 0.6 is 12.4 Å². The molecule has 1 fully saturated rings. The number of hydrogen-bond acceptors (Lipinski definition) is 4. The number of hydrogen-bond donors (Lipinski definition) is 1. The summed E-state index contributed by atoms with van der Waals surface area (Å²) in [7, 11) is 1.68. The summed E-state index contributed by atoms with van der Waals surface area (Å²) in [6.07, 6.45) is 2.90. The molecule has 1 saturated heterocycles. The van der Waals surface area contributed by atoms with Gasteiger partial charge in [-0.1, -0.05) is 12.1 Å². The zero-order valence-electron chi connectivity index (χ0n) is 12.1. The third kappa shape index (κ3) is 3.37. The minimum Gasteiger partial charge on any atom is -0.494 e. The van der Waals surface area contributed by atoms with E-state index in [0.717, 1.165) is 43.2 Å². The van der Waals surface area contributed by atoms with Crippen molar-refractivity contribution >= 4 is 12.4 Å². The SMILES string of the molecule is COc1ccccc1-n1nccc1CN1CC[C@H](N)C1.Cl. The molecule has 0 amide bonds. The lowest BCUT2D eigenvalue weighted by Crippen LogP contribution is -2.27. The van der Waals surface area contributed by atoms with Gasteiger partial charge in [-0.3, -0.25) is 4.90 Å². The van der Waals surface area contributed by atoms with Crippen molar-refractivity contribution in [3.05, 3.63) is 42.2 Å². The van der Waals surface area contributed by atoms with Gasteiger partial charge in [0, 0.05) is 31.9 Å². The highest BCUT2D eigenvalue weighted by molar-refractivity contribution is 5.85. The first kappa shape index (κ1) is 15.8. The van der Waals surface area contributed by atoms with Crippen molar-refractivity contribution in [1.82, 2.24) is 14.7 Å². The standard InChI is InChI=1S/C15H20N4O.ClH/c1-20-15-5-3-2-4-14(15)19-13(6-8-17-19)11-18-9-7-12(16)10-18;/h2-6,8,12H,7,9-11,16H2,1H3;1H/t12-;/m0./s1. The maximum atomic E-state index is 5.96. The van der Waals surface area contributed by atoms with Crippen LogP contribution in [-0.2, 0) is 6.54 Å². The van der Waals surface area contributed by atoms with Crippen molar-refractivity contribution in [2.45, 2.75) is 19.0 Å². The third-order valence-corrected chi connectivity index (χ3v) is 3.73. The molecule has 114 valence electrons. The van der Waals surface area contributed by atoms with Crippen LogP contribution in [0.4, 0.5) is 0 Å². The normalized spacial score (nSPS) is 18.5. The Morgan fingerprint density at radius 2 is 2.14 bits per heavy atom. The summed E-state index contributed by atoms with van der Waals surface area (Å²) in [5, 5.41) is 4.43. The van der Waals surface area contributed by atoms with Crippen LogP contribution < -0.4 is 10.5 Å². The van der Waals surface area contributed by atoms with E-state index in [2.05, 4.69) is 16.1 Å². The number of likely N-dealkylation sites (tertiary alicyclic amines) is 1. The largest absolute Gasteiger partial charge is 0.494 e. The molecule has 0 aliphatic carbocycles. The van der Waals surface area contributed by atoms with E-state index in [1.54, 1.807) is 7.11 Å². The molecule has 1 aromatic heterocycles. The van der Waals surface area contributed by atoms with Gasteiger partial charge in [0.15, 0.2) is 0 Å². The Balaban J connectivity index is 0.00000161. The van der Waals surface area contributed by atoms with Crippen molar-refractivity contribution in [3.63, 3.8) is 0 Å². The van der Waals surface area contributed by atoms with Gasteiger partial charge in [0.25, 0.3) is 0 Å². The lowest BCUT2D eigenvalue weighted by Gasteiger charge is -2.17. The predicted octanol–water partition coefficient (Wildman–Crippen LogP) is 1.84. The minimum absolute atomic E-state index is 0. The lowest BCUT2D eigenvalue weighted by atomic mass is 10.3. The van der Waals surface area contributed by atoms with Crippen LogP contribution in [0.5, 0.6) is 5.75 Å². The Labute approximate surface area is 131 Å². The van der Waals surface area contributed by atoms with Crippen LogP contribution in [0.2, 0.25) is 0 Å². The fraction of sp³-hybridized carbons (Fsp3) is 0.400. The van der Waals surface area contributed by atoms with E-state index < -0.39 is 0 Å². The molecular formula is C15H21ClN4O. The van der Waals surface area contributed by atoms with Gasteiger partial charge in [-0.15, -0.1) is 12.4 Å². The molecule has 1 aromatic carbocycles. The maximum absolute atomic E-state index is 5.96. The van der Waals surface area contributed by atoms with Gasteiger partial charge in [0.05, 0.1) is 12.8 Å². The van der Waals surface area contributed by atoms with Gasteiger partial charge in [0.2, 0.25) is 0 Å². The Morgan fingerprint density at radius 1 is 1.33 bits per heavy atom. The number of benzene rings is 1. The molecule has 1 aliphatic rings. The topological polar surface area (TPSA) is 56.3 Å². The van der Waals surface area contributed by atoms with E-state index in [4.69, 9.17) is 10.5 Å². The second-order valence-electron chi connectivity index (χ2n) is 5.19. The fourth-order valence-corrected chi connectivity index (χ4v) is 2.71. The highest BCUT2D eigenvalue weighted by Crippen LogP contribution is 2.23. The first-order chi connectivity index (χ1) is 9.78. The Bertz CT molecular complexity index is 587. The summed E-state index contributed by atoms with van der Waals surface area (Å²) in [6.45, 7) is 2.88. The Hall–Kier alpha value is -1.56. The number of ether oxygens (including phenoxy) is 1. The number of nitrogens with zero attached hydrogens (tertiary/aromatic N) is 3. The van der Waals surface area contributed by atoms with E-state index in [-0.39, 0.29) is 12.4 Å². The van der Waals surface area contributed by atoms with Crippen molar-refractivity contribution in [2.75, 3.05) is 20.2 Å². The summed E-state index contributed by atoms with van der Waals surface area (Å²) >= 11 is 0. The zero-order chi connectivity index (χ0) is 13.9. The fourth-order valence-electron chi connectivity index (χ4n) is 2.71. The van der Waals surface area contributed by atoms with E-state index >= 15 is 0 Å². The smallest absolute Gasteiger partial charge is 0.144 e.